The average Bonchev–Trinajstić information content (AvgIpc) is 2.70. The van der Waals surface area contributed by atoms with Crippen molar-refractivity contribution in [3.05, 3.63) is 53.1 Å². The minimum Gasteiger partial charge on any atom is -0.495 e. The molecule has 1 aliphatic heterocycles. The topological polar surface area (TPSA) is 98.8 Å². The van der Waals surface area contributed by atoms with Gasteiger partial charge in [-0.05, 0) is 36.8 Å². The van der Waals surface area contributed by atoms with Crippen molar-refractivity contribution in [1.82, 2.24) is 4.98 Å². The van der Waals surface area contributed by atoms with Crippen molar-refractivity contribution in [2.75, 3.05) is 19.0 Å². The number of aliphatic imine (C=N–C) groups is 1. The summed E-state index contributed by atoms with van der Waals surface area (Å²) in [5.41, 5.74) is 3.59. The molecule has 0 bridgehead atoms. The van der Waals surface area contributed by atoms with Crippen LogP contribution in [0.15, 0.2) is 35.5 Å². The summed E-state index contributed by atoms with van der Waals surface area (Å²) in [7, 11) is 1.47. The second-order valence-electron chi connectivity index (χ2n) is 6.47. The van der Waals surface area contributed by atoms with Crippen molar-refractivity contribution in [3.8, 4) is 5.75 Å². The predicted octanol–water partition coefficient (Wildman–Crippen LogP) is 2.64. The lowest BCUT2D eigenvalue weighted by molar-refractivity contribution is -0.0339. The van der Waals surface area contributed by atoms with E-state index in [1.165, 1.54) is 19.4 Å². The third-order valence-corrected chi connectivity index (χ3v) is 4.50. The van der Waals surface area contributed by atoms with Gasteiger partial charge >= 0.3 is 0 Å². The van der Waals surface area contributed by atoms with Gasteiger partial charge in [0.1, 0.15) is 23.5 Å². The highest BCUT2D eigenvalue weighted by Crippen LogP contribution is 2.37. The van der Waals surface area contributed by atoms with E-state index < -0.39 is 42.1 Å². The molecular formula is C19H19F3N4O3. The summed E-state index contributed by atoms with van der Waals surface area (Å²) >= 11 is 0. The molecule has 3 rings (SSSR count). The number of nitrogens with zero attached hydrogens (tertiary/aromatic N) is 2. The number of anilines is 1. The molecule has 1 aromatic carbocycles. The van der Waals surface area contributed by atoms with Gasteiger partial charge in [0.2, 0.25) is 0 Å². The van der Waals surface area contributed by atoms with Crippen molar-refractivity contribution in [3.63, 3.8) is 0 Å². The molecule has 1 aliphatic rings. The molecule has 10 heteroatoms. The van der Waals surface area contributed by atoms with E-state index in [0.29, 0.717) is 11.3 Å². The fourth-order valence-corrected chi connectivity index (χ4v) is 2.92. The van der Waals surface area contributed by atoms with E-state index in [1.807, 2.05) is 0 Å². The summed E-state index contributed by atoms with van der Waals surface area (Å²) in [6.45, 7) is 1.07. The second kappa shape index (κ2) is 8.18. The Balaban J connectivity index is 1.93. The number of methoxy groups -OCH3 is 1. The maximum atomic E-state index is 14.4. The lowest BCUT2D eigenvalue weighted by atomic mass is 9.90. The first-order chi connectivity index (χ1) is 13.8. The average molecular weight is 408 g/mol. The van der Waals surface area contributed by atoms with E-state index in [9.17, 15) is 18.0 Å². The number of carbonyl (C=O) groups is 1. The summed E-state index contributed by atoms with van der Waals surface area (Å²) in [5.74, 6) is -1.01. The normalized spacial score (nSPS) is 21.3. The molecule has 0 saturated heterocycles. The van der Waals surface area contributed by atoms with Crippen LogP contribution in [-0.4, -0.2) is 43.5 Å². The number of hydrogen-bond acceptors (Lipinski definition) is 6. The molecule has 0 fully saturated rings. The first kappa shape index (κ1) is 20.7. The Labute approximate surface area is 164 Å². The monoisotopic (exact) mass is 408 g/mol. The number of aryl methyl sites for hydroxylation is 1. The number of aromatic nitrogens is 1. The zero-order valence-electron chi connectivity index (χ0n) is 15.7. The van der Waals surface area contributed by atoms with Crippen LogP contribution < -0.4 is 15.8 Å². The van der Waals surface area contributed by atoms with Crippen molar-refractivity contribution in [2.24, 2.45) is 10.7 Å². The molecule has 0 aliphatic carbocycles. The van der Waals surface area contributed by atoms with Crippen LogP contribution in [0, 0.1) is 12.7 Å². The molecule has 0 spiro atoms. The third-order valence-electron chi connectivity index (χ3n) is 4.50. The Morgan fingerprint density at radius 2 is 2.17 bits per heavy atom. The molecule has 0 radical (unpaired) electrons. The van der Waals surface area contributed by atoms with Gasteiger partial charge in [-0.15, -0.1) is 0 Å². The molecule has 0 saturated carbocycles. The van der Waals surface area contributed by atoms with Crippen molar-refractivity contribution in [2.45, 2.75) is 25.1 Å². The van der Waals surface area contributed by atoms with Crippen molar-refractivity contribution < 1.29 is 27.4 Å². The summed E-state index contributed by atoms with van der Waals surface area (Å²) < 4.78 is 52.2. The number of benzene rings is 1. The van der Waals surface area contributed by atoms with E-state index in [2.05, 4.69) is 15.3 Å². The van der Waals surface area contributed by atoms with Gasteiger partial charge in [-0.2, -0.15) is 0 Å². The van der Waals surface area contributed by atoms with Gasteiger partial charge in [-0.1, -0.05) is 0 Å². The first-order valence-electron chi connectivity index (χ1n) is 8.59. The van der Waals surface area contributed by atoms with Crippen LogP contribution in [0.4, 0.5) is 18.9 Å². The number of amides is 1. The smallest absolute Gasteiger partial charge is 0.274 e. The lowest BCUT2D eigenvalue weighted by Gasteiger charge is -2.33. The van der Waals surface area contributed by atoms with Gasteiger partial charge in [-0.25, -0.2) is 18.2 Å². The van der Waals surface area contributed by atoms with Crippen molar-refractivity contribution >= 4 is 17.8 Å². The Morgan fingerprint density at radius 3 is 2.76 bits per heavy atom. The number of halogens is 3. The van der Waals surface area contributed by atoms with E-state index >= 15 is 0 Å². The van der Waals surface area contributed by atoms with Gasteiger partial charge < -0.3 is 20.5 Å². The first-order valence-corrected chi connectivity index (χ1v) is 8.59. The van der Waals surface area contributed by atoms with E-state index in [0.717, 1.165) is 18.3 Å². The number of ether oxygens (including phenoxy) is 2. The molecule has 154 valence electrons. The van der Waals surface area contributed by atoms with Gasteiger partial charge in [-0.3, -0.25) is 9.79 Å². The molecule has 7 nitrogen and oxygen atoms in total. The summed E-state index contributed by atoms with van der Waals surface area (Å²) in [6.07, 6.45) is -1.62. The zero-order valence-corrected chi connectivity index (χ0v) is 15.7. The van der Waals surface area contributed by atoms with Crippen LogP contribution in [-0.2, 0) is 10.3 Å². The van der Waals surface area contributed by atoms with Crippen LogP contribution in [0.2, 0.25) is 0 Å². The van der Waals surface area contributed by atoms with E-state index in [4.69, 9.17) is 15.2 Å². The molecule has 2 heterocycles. The fraction of sp³-hybridized carbons (Fsp3) is 0.316. The lowest BCUT2D eigenvalue weighted by Crippen LogP contribution is -2.46. The molecule has 2 unspecified atom stereocenters. The maximum absolute atomic E-state index is 14.4. The van der Waals surface area contributed by atoms with E-state index in [1.54, 1.807) is 13.0 Å². The quantitative estimate of drug-likeness (QED) is 0.793. The standard InChI is InChI=1S/C19H19F3N4O3/c1-10-5-12(28-2)7-24-16(10)17(27)26-11-3-4-14(20)13(6-11)19(18(21)22)9-29-15(23)8-25-19/h3-8,15,18H,9,23H2,1-2H3,(H,26,27). The number of pyridine rings is 1. The largest absolute Gasteiger partial charge is 0.495 e. The minimum absolute atomic E-state index is 0.105. The van der Waals surface area contributed by atoms with Crippen LogP contribution in [0.25, 0.3) is 0 Å². The van der Waals surface area contributed by atoms with Gasteiger partial charge in [0.25, 0.3) is 12.3 Å². The number of alkyl halides is 2. The van der Waals surface area contributed by atoms with Crippen LogP contribution >= 0.6 is 0 Å². The number of carbonyl (C=O) groups excluding carboxylic acids is 1. The number of hydrogen-bond donors (Lipinski definition) is 2. The number of nitrogens with one attached hydrogen (secondary N) is 1. The van der Waals surface area contributed by atoms with Crippen molar-refractivity contribution in [1.29, 1.82) is 0 Å². The van der Waals surface area contributed by atoms with Crippen LogP contribution in [0.5, 0.6) is 5.75 Å². The predicted molar refractivity (Wildman–Crippen MR) is 100.0 cm³/mol. The molecular weight excluding hydrogens is 389 g/mol. The van der Waals surface area contributed by atoms with Crippen LogP contribution in [0.3, 0.4) is 0 Å². The fourth-order valence-electron chi connectivity index (χ4n) is 2.92. The molecule has 2 atom stereocenters. The van der Waals surface area contributed by atoms with Crippen LogP contribution in [0.1, 0.15) is 21.6 Å². The highest BCUT2D eigenvalue weighted by atomic mass is 19.3. The SMILES string of the molecule is COc1cnc(C(=O)Nc2ccc(F)c(C3(C(F)F)COC(N)C=N3)c2)c(C)c1. The summed E-state index contributed by atoms with van der Waals surface area (Å²) in [6, 6.07) is 4.97. The third kappa shape index (κ3) is 4.08. The minimum atomic E-state index is -3.06. The Hall–Kier alpha value is -2.98. The van der Waals surface area contributed by atoms with E-state index in [-0.39, 0.29) is 11.4 Å². The number of nitrogens with two attached hydrogens (primary N) is 1. The Bertz CT molecular complexity index is 954. The highest BCUT2D eigenvalue weighted by molar-refractivity contribution is 6.03. The Morgan fingerprint density at radius 1 is 1.41 bits per heavy atom. The molecule has 1 amide bonds. The van der Waals surface area contributed by atoms with Gasteiger partial charge in [0.05, 0.1) is 19.9 Å². The van der Waals surface area contributed by atoms with Gasteiger partial charge in [0, 0.05) is 17.5 Å². The zero-order chi connectivity index (χ0) is 21.2. The molecule has 3 N–H and O–H groups in total. The summed E-state index contributed by atoms with van der Waals surface area (Å²) in [4.78, 5) is 20.4. The molecule has 2 aromatic rings. The summed E-state index contributed by atoms with van der Waals surface area (Å²) in [5, 5.41) is 2.54. The highest BCUT2D eigenvalue weighted by Gasteiger charge is 2.46. The second-order valence-corrected chi connectivity index (χ2v) is 6.47. The molecule has 1 aromatic heterocycles. The number of rotatable bonds is 5. The Kier molecular flexibility index (Phi) is 5.85. The maximum Gasteiger partial charge on any atom is 0.274 e. The van der Waals surface area contributed by atoms with Gasteiger partial charge in [0.15, 0.2) is 5.54 Å². The molecule has 29 heavy (non-hydrogen) atoms.